The van der Waals surface area contributed by atoms with E-state index in [1.807, 2.05) is 0 Å². The van der Waals surface area contributed by atoms with Crippen LogP contribution in [0.4, 0.5) is 5.69 Å². The van der Waals surface area contributed by atoms with Gasteiger partial charge < -0.3 is 15.2 Å². The van der Waals surface area contributed by atoms with Gasteiger partial charge in [0.25, 0.3) is 0 Å². The number of methoxy groups -OCH3 is 1. The number of carbonyl (C=O) groups is 1. The molecule has 0 saturated heterocycles. The average Bonchev–Trinajstić information content (AvgIpc) is 2.46. The van der Waals surface area contributed by atoms with Crippen LogP contribution in [0.15, 0.2) is 18.2 Å². The number of carbonyl (C=O) groups excluding carboxylic acids is 1. The predicted molar refractivity (Wildman–Crippen MR) is 81.0 cm³/mol. The molecule has 0 aliphatic carbocycles. The minimum absolute atomic E-state index is 0.320. The molecular weight excluding hydrogens is 254 g/mol. The normalized spacial score (nSPS) is 11.9. The van der Waals surface area contributed by atoms with E-state index < -0.39 is 5.97 Å². The highest BCUT2D eigenvalue weighted by Gasteiger charge is 2.17. The minimum atomic E-state index is -0.459. The van der Waals surface area contributed by atoms with Gasteiger partial charge in [0.1, 0.15) is 11.3 Å². The van der Waals surface area contributed by atoms with Crippen LogP contribution in [0.3, 0.4) is 0 Å². The van der Waals surface area contributed by atoms with Crippen molar-refractivity contribution in [2.75, 3.05) is 19.5 Å². The largest absolute Gasteiger partial charge is 0.492 e. The SMILES string of the molecule is CCCCC(CC)COc1cccc(N)c1C(=O)OC. The molecular formula is C16H25NO3. The van der Waals surface area contributed by atoms with Crippen LogP contribution in [0.1, 0.15) is 49.9 Å². The molecule has 2 N–H and O–H groups in total. The molecule has 1 aromatic rings. The van der Waals surface area contributed by atoms with E-state index >= 15 is 0 Å². The lowest BCUT2D eigenvalue weighted by Gasteiger charge is -2.17. The molecule has 0 fully saturated rings. The van der Waals surface area contributed by atoms with Gasteiger partial charge in [0.2, 0.25) is 0 Å². The smallest absolute Gasteiger partial charge is 0.343 e. The summed E-state index contributed by atoms with van der Waals surface area (Å²) in [5, 5.41) is 0. The lowest BCUT2D eigenvalue weighted by Crippen LogP contribution is -2.14. The molecule has 4 nitrogen and oxygen atoms in total. The Labute approximate surface area is 121 Å². The maximum atomic E-state index is 11.8. The van der Waals surface area contributed by atoms with Crippen molar-refractivity contribution in [1.82, 2.24) is 0 Å². The number of hydrogen-bond donors (Lipinski definition) is 1. The van der Waals surface area contributed by atoms with Gasteiger partial charge in [-0.25, -0.2) is 4.79 Å². The molecule has 0 aliphatic heterocycles. The van der Waals surface area contributed by atoms with Gasteiger partial charge in [-0.15, -0.1) is 0 Å². The van der Waals surface area contributed by atoms with E-state index in [2.05, 4.69) is 13.8 Å². The van der Waals surface area contributed by atoms with Gasteiger partial charge in [0, 0.05) is 5.69 Å². The Hall–Kier alpha value is -1.71. The summed E-state index contributed by atoms with van der Waals surface area (Å²) in [6.07, 6.45) is 4.59. The first-order valence-corrected chi connectivity index (χ1v) is 7.23. The van der Waals surface area contributed by atoms with Gasteiger partial charge in [-0.2, -0.15) is 0 Å². The van der Waals surface area contributed by atoms with E-state index in [1.165, 1.54) is 20.0 Å². The quantitative estimate of drug-likeness (QED) is 0.583. The summed E-state index contributed by atoms with van der Waals surface area (Å²) in [4.78, 5) is 11.8. The number of hydrogen-bond acceptors (Lipinski definition) is 4. The van der Waals surface area contributed by atoms with Crippen molar-refractivity contribution in [3.05, 3.63) is 23.8 Å². The van der Waals surface area contributed by atoms with E-state index in [9.17, 15) is 4.79 Å². The fourth-order valence-electron chi connectivity index (χ4n) is 2.09. The number of unbranched alkanes of at least 4 members (excludes halogenated alkanes) is 1. The van der Waals surface area contributed by atoms with Gasteiger partial charge in [0.05, 0.1) is 13.7 Å². The zero-order valence-electron chi connectivity index (χ0n) is 12.6. The molecule has 0 amide bonds. The van der Waals surface area contributed by atoms with E-state index in [1.54, 1.807) is 18.2 Å². The first-order chi connectivity index (χ1) is 9.63. The number of esters is 1. The number of nitrogen functional groups attached to an aromatic ring is 1. The lowest BCUT2D eigenvalue weighted by atomic mass is 10.0. The van der Waals surface area contributed by atoms with Gasteiger partial charge in [-0.1, -0.05) is 39.2 Å². The van der Waals surface area contributed by atoms with Crippen molar-refractivity contribution in [3.8, 4) is 5.75 Å². The summed E-state index contributed by atoms with van der Waals surface area (Å²) in [6.45, 7) is 4.94. The van der Waals surface area contributed by atoms with Gasteiger partial charge in [0.15, 0.2) is 0 Å². The molecule has 112 valence electrons. The van der Waals surface area contributed by atoms with Crippen molar-refractivity contribution >= 4 is 11.7 Å². The maximum absolute atomic E-state index is 11.8. The van der Waals surface area contributed by atoms with Gasteiger partial charge in [-0.05, 0) is 24.5 Å². The minimum Gasteiger partial charge on any atom is -0.492 e. The number of benzene rings is 1. The van der Waals surface area contributed by atoms with Crippen LogP contribution in [0.2, 0.25) is 0 Å². The molecule has 1 aromatic carbocycles. The molecule has 0 aliphatic rings. The Morgan fingerprint density at radius 3 is 2.70 bits per heavy atom. The molecule has 1 rings (SSSR count). The number of nitrogens with two attached hydrogens (primary N) is 1. The molecule has 1 unspecified atom stereocenters. The monoisotopic (exact) mass is 279 g/mol. The number of ether oxygens (including phenoxy) is 2. The molecule has 0 aromatic heterocycles. The average molecular weight is 279 g/mol. The third kappa shape index (κ3) is 4.44. The van der Waals surface area contributed by atoms with Crippen LogP contribution in [0, 0.1) is 5.92 Å². The standard InChI is InChI=1S/C16H25NO3/c1-4-6-8-12(5-2)11-20-14-10-7-9-13(17)15(14)16(18)19-3/h7,9-10,12H,4-6,8,11,17H2,1-3H3. The van der Waals surface area contributed by atoms with Crippen molar-refractivity contribution in [3.63, 3.8) is 0 Å². The highest BCUT2D eigenvalue weighted by molar-refractivity contribution is 5.98. The second kappa shape index (κ2) is 8.46. The highest BCUT2D eigenvalue weighted by atomic mass is 16.5. The summed E-state index contributed by atoms with van der Waals surface area (Å²) in [7, 11) is 1.34. The lowest BCUT2D eigenvalue weighted by molar-refractivity contribution is 0.0596. The molecule has 4 heteroatoms. The summed E-state index contributed by atoms with van der Waals surface area (Å²) in [6, 6.07) is 5.22. The van der Waals surface area contributed by atoms with E-state index in [4.69, 9.17) is 15.2 Å². The van der Waals surface area contributed by atoms with Crippen LogP contribution in [0.25, 0.3) is 0 Å². The van der Waals surface area contributed by atoms with E-state index in [0.717, 1.165) is 12.8 Å². The van der Waals surface area contributed by atoms with Crippen molar-refractivity contribution < 1.29 is 14.3 Å². The van der Waals surface area contributed by atoms with Crippen LogP contribution in [-0.4, -0.2) is 19.7 Å². The van der Waals surface area contributed by atoms with Crippen LogP contribution >= 0.6 is 0 Å². The van der Waals surface area contributed by atoms with Crippen LogP contribution < -0.4 is 10.5 Å². The second-order valence-corrected chi connectivity index (χ2v) is 4.94. The Kier molecular flexibility index (Phi) is 6.91. The summed E-state index contributed by atoms with van der Waals surface area (Å²) >= 11 is 0. The molecule has 20 heavy (non-hydrogen) atoms. The summed E-state index contributed by atoms with van der Waals surface area (Å²) < 4.78 is 10.6. The third-order valence-electron chi connectivity index (χ3n) is 3.47. The van der Waals surface area contributed by atoms with E-state index in [0.29, 0.717) is 29.5 Å². The van der Waals surface area contributed by atoms with Crippen molar-refractivity contribution in [1.29, 1.82) is 0 Å². The first-order valence-electron chi connectivity index (χ1n) is 7.23. The topological polar surface area (TPSA) is 61.5 Å². The summed E-state index contributed by atoms with van der Waals surface area (Å²) in [5.41, 5.74) is 6.54. The third-order valence-corrected chi connectivity index (χ3v) is 3.47. The zero-order valence-corrected chi connectivity index (χ0v) is 12.6. The Morgan fingerprint density at radius 2 is 2.10 bits per heavy atom. The Balaban J connectivity index is 2.76. The van der Waals surface area contributed by atoms with Crippen LogP contribution in [0.5, 0.6) is 5.75 Å². The molecule has 0 spiro atoms. The molecule has 0 heterocycles. The number of anilines is 1. The highest BCUT2D eigenvalue weighted by Crippen LogP contribution is 2.26. The van der Waals surface area contributed by atoms with Gasteiger partial charge >= 0.3 is 5.97 Å². The van der Waals surface area contributed by atoms with E-state index in [-0.39, 0.29) is 0 Å². The fourth-order valence-corrected chi connectivity index (χ4v) is 2.09. The second-order valence-electron chi connectivity index (χ2n) is 4.94. The van der Waals surface area contributed by atoms with Crippen LogP contribution in [-0.2, 0) is 4.74 Å². The molecule has 0 bridgehead atoms. The fraction of sp³-hybridized carbons (Fsp3) is 0.562. The first kappa shape index (κ1) is 16.3. The van der Waals surface area contributed by atoms with Crippen molar-refractivity contribution in [2.45, 2.75) is 39.5 Å². The zero-order chi connectivity index (χ0) is 15.0. The molecule has 0 radical (unpaired) electrons. The van der Waals surface area contributed by atoms with Crippen molar-refractivity contribution in [2.24, 2.45) is 5.92 Å². The summed E-state index contributed by atoms with van der Waals surface area (Å²) in [5.74, 6) is 0.549. The van der Waals surface area contributed by atoms with Gasteiger partial charge in [-0.3, -0.25) is 0 Å². The molecule has 1 atom stereocenters. The Morgan fingerprint density at radius 1 is 1.35 bits per heavy atom. The number of rotatable bonds is 8. The predicted octanol–water partition coefficient (Wildman–Crippen LogP) is 3.65. The maximum Gasteiger partial charge on any atom is 0.343 e. The molecule has 0 saturated carbocycles. The Bertz CT molecular complexity index is 432.